The molecule has 0 saturated heterocycles. The van der Waals surface area contributed by atoms with E-state index in [9.17, 15) is 22.4 Å². The molecule has 0 atom stereocenters. The van der Waals surface area contributed by atoms with Crippen LogP contribution in [0.3, 0.4) is 0 Å². The summed E-state index contributed by atoms with van der Waals surface area (Å²) in [7, 11) is 0. The SMILES string of the molecule is O=C(NCC=Cc1ccc(C(F)(F)F)c(F)c1)OCc1ccccc1. The minimum Gasteiger partial charge on any atom is -0.445 e. The van der Waals surface area contributed by atoms with Gasteiger partial charge in [0, 0.05) is 6.54 Å². The van der Waals surface area contributed by atoms with Crippen LogP contribution in [0, 0.1) is 5.82 Å². The Hall–Kier alpha value is -2.83. The van der Waals surface area contributed by atoms with Gasteiger partial charge in [0.25, 0.3) is 0 Å². The summed E-state index contributed by atoms with van der Waals surface area (Å²) in [5.74, 6) is -1.34. The maximum Gasteiger partial charge on any atom is 0.419 e. The summed E-state index contributed by atoms with van der Waals surface area (Å²) in [4.78, 5) is 11.5. The minimum absolute atomic E-state index is 0.0935. The van der Waals surface area contributed by atoms with Crippen LogP contribution < -0.4 is 5.32 Å². The molecule has 0 spiro atoms. The van der Waals surface area contributed by atoms with Crippen LogP contribution in [0.2, 0.25) is 0 Å². The maximum atomic E-state index is 13.4. The largest absolute Gasteiger partial charge is 0.445 e. The quantitative estimate of drug-likeness (QED) is 0.786. The molecule has 0 aromatic heterocycles. The van der Waals surface area contributed by atoms with E-state index in [1.807, 2.05) is 30.3 Å². The predicted molar refractivity (Wildman–Crippen MR) is 85.1 cm³/mol. The second-order valence-electron chi connectivity index (χ2n) is 5.08. The normalized spacial score (nSPS) is 11.5. The van der Waals surface area contributed by atoms with Crippen molar-refractivity contribution in [3.63, 3.8) is 0 Å². The maximum absolute atomic E-state index is 13.4. The van der Waals surface area contributed by atoms with E-state index in [-0.39, 0.29) is 18.7 Å². The fraction of sp³-hybridized carbons (Fsp3) is 0.167. The van der Waals surface area contributed by atoms with Crippen molar-refractivity contribution in [3.05, 3.63) is 77.1 Å². The summed E-state index contributed by atoms with van der Waals surface area (Å²) in [5.41, 5.74) is -0.217. The first-order valence-corrected chi connectivity index (χ1v) is 7.34. The number of carbonyl (C=O) groups excluding carboxylic acids is 1. The molecule has 0 unspecified atom stereocenters. The fourth-order valence-electron chi connectivity index (χ4n) is 1.98. The van der Waals surface area contributed by atoms with Crippen LogP contribution in [-0.4, -0.2) is 12.6 Å². The number of alkyl carbamates (subject to hydrolysis) is 1. The molecule has 0 fully saturated rings. The van der Waals surface area contributed by atoms with Gasteiger partial charge in [-0.15, -0.1) is 0 Å². The van der Waals surface area contributed by atoms with Gasteiger partial charge in [-0.2, -0.15) is 13.2 Å². The summed E-state index contributed by atoms with van der Waals surface area (Å²) in [6.07, 6.45) is -2.48. The average Bonchev–Trinajstić information content (AvgIpc) is 2.57. The Labute approximate surface area is 141 Å². The second kappa shape index (κ2) is 8.32. The average molecular weight is 353 g/mol. The van der Waals surface area contributed by atoms with Crippen molar-refractivity contribution in [1.82, 2.24) is 5.32 Å². The molecule has 0 bridgehead atoms. The molecule has 3 nitrogen and oxygen atoms in total. The Morgan fingerprint density at radius 1 is 1.12 bits per heavy atom. The Bertz CT molecular complexity index is 742. The number of rotatable bonds is 5. The first-order chi connectivity index (χ1) is 11.9. The van der Waals surface area contributed by atoms with E-state index in [1.54, 1.807) is 0 Å². The van der Waals surface area contributed by atoms with E-state index in [0.717, 1.165) is 17.7 Å². The van der Waals surface area contributed by atoms with Gasteiger partial charge in [-0.05, 0) is 23.3 Å². The number of hydrogen-bond acceptors (Lipinski definition) is 2. The van der Waals surface area contributed by atoms with Crippen molar-refractivity contribution in [2.75, 3.05) is 6.54 Å². The predicted octanol–water partition coefficient (Wildman–Crippen LogP) is 4.78. The smallest absolute Gasteiger partial charge is 0.419 e. The van der Waals surface area contributed by atoms with E-state index in [4.69, 9.17) is 4.74 Å². The number of nitrogens with one attached hydrogen (secondary N) is 1. The van der Waals surface area contributed by atoms with Gasteiger partial charge >= 0.3 is 12.3 Å². The summed E-state index contributed by atoms with van der Waals surface area (Å²) in [5, 5.41) is 2.45. The summed E-state index contributed by atoms with van der Waals surface area (Å²) >= 11 is 0. The number of amides is 1. The zero-order chi connectivity index (χ0) is 18.3. The van der Waals surface area contributed by atoms with Crippen LogP contribution in [0.1, 0.15) is 16.7 Å². The summed E-state index contributed by atoms with van der Waals surface area (Å²) in [6.45, 7) is 0.219. The number of carbonyl (C=O) groups is 1. The third kappa shape index (κ3) is 5.95. The lowest BCUT2D eigenvalue weighted by molar-refractivity contribution is -0.140. The van der Waals surface area contributed by atoms with E-state index in [0.29, 0.717) is 6.07 Å². The molecule has 0 aliphatic carbocycles. The highest BCUT2D eigenvalue weighted by molar-refractivity contribution is 5.67. The van der Waals surface area contributed by atoms with Crippen LogP contribution in [-0.2, 0) is 17.5 Å². The van der Waals surface area contributed by atoms with E-state index in [1.165, 1.54) is 12.2 Å². The van der Waals surface area contributed by atoms with Crippen LogP contribution in [0.5, 0.6) is 0 Å². The lowest BCUT2D eigenvalue weighted by Gasteiger charge is -2.08. The molecular formula is C18H15F4NO2. The van der Waals surface area contributed by atoms with Crippen LogP contribution >= 0.6 is 0 Å². The van der Waals surface area contributed by atoms with Gasteiger partial charge < -0.3 is 10.1 Å². The second-order valence-corrected chi connectivity index (χ2v) is 5.08. The molecule has 7 heteroatoms. The number of benzene rings is 2. The Morgan fingerprint density at radius 2 is 1.84 bits per heavy atom. The molecule has 25 heavy (non-hydrogen) atoms. The lowest BCUT2D eigenvalue weighted by atomic mass is 10.1. The zero-order valence-corrected chi connectivity index (χ0v) is 13.0. The molecule has 132 valence electrons. The van der Waals surface area contributed by atoms with Crippen molar-refractivity contribution in [2.24, 2.45) is 0 Å². The molecule has 0 aliphatic rings. The molecule has 1 amide bonds. The molecular weight excluding hydrogens is 338 g/mol. The number of ether oxygens (including phenoxy) is 1. The van der Waals surface area contributed by atoms with Gasteiger partial charge in [-0.25, -0.2) is 9.18 Å². The van der Waals surface area contributed by atoms with E-state index in [2.05, 4.69) is 5.32 Å². The van der Waals surface area contributed by atoms with Crippen molar-refractivity contribution in [3.8, 4) is 0 Å². The molecule has 0 radical (unpaired) electrons. The topological polar surface area (TPSA) is 38.3 Å². The van der Waals surface area contributed by atoms with E-state index >= 15 is 0 Å². The van der Waals surface area contributed by atoms with Gasteiger partial charge in [0.15, 0.2) is 0 Å². The van der Waals surface area contributed by atoms with Gasteiger partial charge in [-0.1, -0.05) is 48.6 Å². The lowest BCUT2D eigenvalue weighted by Crippen LogP contribution is -2.24. The molecule has 1 N–H and O–H groups in total. The molecule has 2 aromatic carbocycles. The van der Waals surface area contributed by atoms with Crippen molar-refractivity contribution < 1.29 is 27.1 Å². The standard InChI is InChI=1S/C18H15F4NO2/c19-16-11-13(8-9-15(16)18(20,21)22)7-4-10-23-17(24)25-12-14-5-2-1-3-6-14/h1-9,11H,10,12H2,(H,23,24). The molecule has 0 aliphatic heterocycles. The third-order valence-electron chi connectivity index (χ3n) is 3.19. The van der Waals surface area contributed by atoms with Gasteiger partial charge in [0.05, 0.1) is 5.56 Å². The van der Waals surface area contributed by atoms with Gasteiger partial charge in [-0.3, -0.25) is 0 Å². The Kier molecular flexibility index (Phi) is 6.16. The first kappa shape index (κ1) is 18.5. The zero-order valence-electron chi connectivity index (χ0n) is 13.0. The van der Waals surface area contributed by atoms with Gasteiger partial charge in [0.1, 0.15) is 12.4 Å². The van der Waals surface area contributed by atoms with Crippen molar-refractivity contribution >= 4 is 12.2 Å². The van der Waals surface area contributed by atoms with Crippen molar-refractivity contribution in [2.45, 2.75) is 12.8 Å². The number of hydrogen-bond donors (Lipinski definition) is 1. The number of halogens is 4. The third-order valence-corrected chi connectivity index (χ3v) is 3.19. The minimum atomic E-state index is -4.73. The molecule has 2 aromatic rings. The van der Waals surface area contributed by atoms with Crippen LogP contribution in [0.4, 0.5) is 22.4 Å². The van der Waals surface area contributed by atoms with E-state index < -0.39 is 23.7 Å². The van der Waals surface area contributed by atoms with Crippen LogP contribution in [0.15, 0.2) is 54.6 Å². The molecule has 2 rings (SSSR count). The fourth-order valence-corrected chi connectivity index (χ4v) is 1.98. The molecule has 0 saturated carbocycles. The highest BCUT2D eigenvalue weighted by Crippen LogP contribution is 2.31. The summed E-state index contributed by atoms with van der Waals surface area (Å²) < 4.78 is 55.7. The molecule has 0 heterocycles. The van der Waals surface area contributed by atoms with Crippen molar-refractivity contribution in [1.29, 1.82) is 0 Å². The van der Waals surface area contributed by atoms with Crippen LogP contribution in [0.25, 0.3) is 6.08 Å². The Morgan fingerprint density at radius 3 is 2.48 bits per heavy atom. The highest BCUT2D eigenvalue weighted by atomic mass is 19.4. The highest BCUT2D eigenvalue weighted by Gasteiger charge is 2.33. The van der Waals surface area contributed by atoms with Gasteiger partial charge in [0.2, 0.25) is 0 Å². The monoisotopic (exact) mass is 353 g/mol. The summed E-state index contributed by atoms with van der Waals surface area (Å²) in [6, 6.07) is 11.7. The number of alkyl halides is 3. The first-order valence-electron chi connectivity index (χ1n) is 7.34. The Balaban J connectivity index is 1.79.